The Balaban J connectivity index is 2.08. The predicted octanol–water partition coefficient (Wildman–Crippen LogP) is 3.29. The van der Waals surface area contributed by atoms with Crippen molar-refractivity contribution in [3.63, 3.8) is 0 Å². The molecule has 1 aromatic rings. The zero-order valence-electron chi connectivity index (χ0n) is 14.7. The lowest BCUT2D eigenvalue weighted by molar-refractivity contribution is -0.153. The van der Waals surface area contributed by atoms with Crippen LogP contribution < -0.4 is 4.74 Å². The zero-order chi connectivity index (χ0) is 17.7. The van der Waals surface area contributed by atoms with Crippen LogP contribution in [0.4, 0.5) is 0 Å². The molecule has 132 valence electrons. The van der Waals surface area contributed by atoms with Crippen LogP contribution in [0.1, 0.15) is 51.0 Å². The van der Waals surface area contributed by atoms with Crippen LogP contribution >= 0.6 is 0 Å². The molecule has 24 heavy (non-hydrogen) atoms. The SMILES string of the molecule is CCC(CC(=O)N1CCC(C)CC1C(=O)O)c1ccc(OC)cc1. The molecule has 2 rings (SSSR count). The van der Waals surface area contributed by atoms with Crippen molar-refractivity contribution in [2.45, 2.75) is 51.5 Å². The van der Waals surface area contributed by atoms with Gasteiger partial charge in [-0.05, 0) is 48.8 Å². The number of carbonyl (C=O) groups is 2. The molecule has 1 amide bonds. The van der Waals surface area contributed by atoms with E-state index in [9.17, 15) is 14.7 Å². The number of ether oxygens (including phenoxy) is 1. The van der Waals surface area contributed by atoms with Crippen molar-refractivity contribution in [3.05, 3.63) is 29.8 Å². The number of carbonyl (C=O) groups excluding carboxylic acids is 1. The molecule has 1 fully saturated rings. The van der Waals surface area contributed by atoms with Gasteiger partial charge in [0.2, 0.25) is 5.91 Å². The maximum absolute atomic E-state index is 12.7. The molecule has 1 aromatic carbocycles. The molecule has 1 N–H and O–H groups in total. The van der Waals surface area contributed by atoms with Crippen molar-refractivity contribution in [2.75, 3.05) is 13.7 Å². The van der Waals surface area contributed by atoms with Gasteiger partial charge in [-0.3, -0.25) is 4.79 Å². The van der Waals surface area contributed by atoms with E-state index in [0.29, 0.717) is 25.3 Å². The van der Waals surface area contributed by atoms with Crippen molar-refractivity contribution in [1.29, 1.82) is 0 Å². The molecule has 0 saturated carbocycles. The van der Waals surface area contributed by atoms with Gasteiger partial charge in [-0.2, -0.15) is 0 Å². The molecule has 0 aliphatic carbocycles. The Kier molecular flexibility index (Phi) is 6.23. The minimum absolute atomic E-state index is 0.0584. The van der Waals surface area contributed by atoms with E-state index in [1.807, 2.05) is 31.2 Å². The summed E-state index contributed by atoms with van der Waals surface area (Å²) >= 11 is 0. The smallest absolute Gasteiger partial charge is 0.326 e. The molecule has 1 heterocycles. The first-order chi connectivity index (χ1) is 11.5. The Bertz CT molecular complexity index is 569. The molecule has 1 aliphatic heterocycles. The fourth-order valence-corrected chi connectivity index (χ4v) is 3.38. The summed E-state index contributed by atoms with van der Waals surface area (Å²) in [4.78, 5) is 25.8. The average Bonchev–Trinajstić information content (AvgIpc) is 2.59. The number of carboxylic acid groups (broad SMARTS) is 1. The van der Waals surface area contributed by atoms with E-state index in [2.05, 4.69) is 6.92 Å². The first-order valence-corrected chi connectivity index (χ1v) is 8.62. The highest BCUT2D eigenvalue weighted by atomic mass is 16.5. The van der Waals surface area contributed by atoms with Crippen LogP contribution in [0.3, 0.4) is 0 Å². The minimum atomic E-state index is -0.896. The van der Waals surface area contributed by atoms with Gasteiger partial charge in [0.05, 0.1) is 7.11 Å². The molecule has 0 bridgehead atoms. The molecule has 5 heteroatoms. The fraction of sp³-hybridized carbons (Fsp3) is 0.579. The van der Waals surface area contributed by atoms with Crippen LogP contribution in [-0.2, 0) is 9.59 Å². The number of carboxylic acids is 1. The van der Waals surface area contributed by atoms with E-state index in [1.165, 1.54) is 0 Å². The number of amides is 1. The summed E-state index contributed by atoms with van der Waals surface area (Å²) < 4.78 is 5.17. The third kappa shape index (κ3) is 4.28. The molecule has 1 aliphatic rings. The third-order valence-corrected chi connectivity index (χ3v) is 4.97. The Morgan fingerprint density at radius 3 is 2.54 bits per heavy atom. The van der Waals surface area contributed by atoms with Gasteiger partial charge in [0, 0.05) is 13.0 Å². The first-order valence-electron chi connectivity index (χ1n) is 8.62. The average molecular weight is 333 g/mol. The lowest BCUT2D eigenvalue weighted by atomic mass is 9.89. The Labute approximate surface area is 143 Å². The maximum Gasteiger partial charge on any atom is 0.326 e. The van der Waals surface area contributed by atoms with Gasteiger partial charge >= 0.3 is 5.97 Å². The van der Waals surface area contributed by atoms with Crippen molar-refractivity contribution < 1.29 is 19.4 Å². The summed E-state index contributed by atoms with van der Waals surface area (Å²) in [5, 5.41) is 9.43. The summed E-state index contributed by atoms with van der Waals surface area (Å²) in [6.45, 7) is 4.63. The van der Waals surface area contributed by atoms with Crippen LogP contribution in [0.5, 0.6) is 5.75 Å². The van der Waals surface area contributed by atoms with Gasteiger partial charge in [-0.25, -0.2) is 4.79 Å². The van der Waals surface area contributed by atoms with Crippen molar-refractivity contribution >= 4 is 11.9 Å². The van der Waals surface area contributed by atoms with Gasteiger partial charge in [0.25, 0.3) is 0 Å². The number of rotatable bonds is 6. The van der Waals surface area contributed by atoms with Crippen LogP contribution in [-0.4, -0.2) is 41.6 Å². The molecule has 1 saturated heterocycles. The lowest BCUT2D eigenvalue weighted by Gasteiger charge is -2.36. The molecular formula is C19H27NO4. The predicted molar refractivity (Wildman–Crippen MR) is 92.2 cm³/mol. The summed E-state index contributed by atoms with van der Waals surface area (Å²) in [5.74, 6) is 0.274. The monoisotopic (exact) mass is 333 g/mol. The molecule has 0 radical (unpaired) electrons. The summed E-state index contributed by atoms with van der Waals surface area (Å²) in [6, 6.07) is 7.06. The van der Waals surface area contributed by atoms with E-state index in [4.69, 9.17) is 4.74 Å². The van der Waals surface area contributed by atoms with Crippen LogP contribution in [0.2, 0.25) is 0 Å². The second-order valence-electron chi connectivity index (χ2n) is 6.65. The Morgan fingerprint density at radius 1 is 1.33 bits per heavy atom. The summed E-state index contributed by atoms with van der Waals surface area (Å²) in [5.41, 5.74) is 1.09. The largest absolute Gasteiger partial charge is 0.497 e. The highest BCUT2D eigenvalue weighted by Crippen LogP contribution is 2.29. The van der Waals surface area contributed by atoms with Gasteiger partial charge in [-0.1, -0.05) is 26.0 Å². The topological polar surface area (TPSA) is 66.8 Å². The number of hydrogen-bond acceptors (Lipinski definition) is 3. The van der Waals surface area contributed by atoms with Crippen LogP contribution in [0, 0.1) is 5.92 Å². The van der Waals surface area contributed by atoms with E-state index in [-0.39, 0.29) is 11.8 Å². The molecule has 3 atom stereocenters. The summed E-state index contributed by atoms with van der Waals surface area (Å²) in [7, 11) is 1.62. The van der Waals surface area contributed by atoms with Gasteiger partial charge in [0.1, 0.15) is 11.8 Å². The number of piperidine rings is 1. The van der Waals surface area contributed by atoms with E-state index >= 15 is 0 Å². The fourth-order valence-electron chi connectivity index (χ4n) is 3.38. The molecule has 5 nitrogen and oxygen atoms in total. The molecule has 0 spiro atoms. The number of aliphatic carboxylic acids is 1. The summed E-state index contributed by atoms with van der Waals surface area (Å²) in [6.07, 6.45) is 2.59. The number of benzene rings is 1. The van der Waals surface area contributed by atoms with Gasteiger partial charge in [-0.15, -0.1) is 0 Å². The standard InChI is InChI=1S/C19H27NO4/c1-4-14(15-5-7-16(24-3)8-6-15)12-18(21)20-10-9-13(2)11-17(20)19(22)23/h5-8,13-14,17H,4,9-12H2,1-3H3,(H,22,23). The highest BCUT2D eigenvalue weighted by Gasteiger charge is 2.35. The normalized spacial score (nSPS) is 22.0. The lowest BCUT2D eigenvalue weighted by Crippen LogP contribution is -2.50. The highest BCUT2D eigenvalue weighted by molar-refractivity contribution is 5.84. The Morgan fingerprint density at radius 2 is 2.00 bits per heavy atom. The molecule has 0 aromatic heterocycles. The Hall–Kier alpha value is -2.04. The second-order valence-corrected chi connectivity index (χ2v) is 6.65. The zero-order valence-corrected chi connectivity index (χ0v) is 14.7. The maximum atomic E-state index is 12.7. The quantitative estimate of drug-likeness (QED) is 0.867. The minimum Gasteiger partial charge on any atom is -0.497 e. The number of methoxy groups -OCH3 is 1. The van der Waals surface area contributed by atoms with Crippen molar-refractivity contribution in [3.8, 4) is 5.75 Å². The van der Waals surface area contributed by atoms with Crippen LogP contribution in [0.25, 0.3) is 0 Å². The van der Waals surface area contributed by atoms with Crippen molar-refractivity contribution in [1.82, 2.24) is 4.90 Å². The molecular weight excluding hydrogens is 306 g/mol. The number of likely N-dealkylation sites (tertiary alicyclic amines) is 1. The van der Waals surface area contributed by atoms with E-state index in [1.54, 1.807) is 12.0 Å². The molecule has 3 unspecified atom stereocenters. The van der Waals surface area contributed by atoms with Crippen molar-refractivity contribution in [2.24, 2.45) is 5.92 Å². The first kappa shape index (κ1) is 18.3. The van der Waals surface area contributed by atoms with Crippen LogP contribution in [0.15, 0.2) is 24.3 Å². The van der Waals surface area contributed by atoms with E-state index < -0.39 is 12.0 Å². The third-order valence-electron chi connectivity index (χ3n) is 4.97. The second kappa shape index (κ2) is 8.18. The van der Waals surface area contributed by atoms with Gasteiger partial charge in [0.15, 0.2) is 0 Å². The van der Waals surface area contributed by atoms with Gasteiger partial charge < -0.3 is 14.7 Å². The number of nitrogens with zero attached hydrogens (tertiary/aromatic N) is 1. The van der Waals surface area contributed by atoms with E-state index in [0.717, 1.165) is 24.2 Å². The number of hydrogen-bond donors (Lipinski definition) is 1.